The quantitative estimate of drug-likeness (QED) is 0.158. The van der Waals surface area contributed by atoms with Gasteiger partial charge in [-0.05, 0) is 62.6 Å². The molecule has 0 aliphatic carbocycles. The van der Waals surface area contributed by atoms with Crippen LogP contribution in [0, 0.1) is 0 Å². The van der Waals surface area contributed by atoms with Gasteiger partial charge in [0, 0.05) is 36.9 Å². The lowest BCUT2D eigenvalue weighted by Crippen LogP contribution is -1.97. The van der Waals surface area contributed by atoms with Gasteiger partial charge in [0.1, 0.15) is 0 Å². The van der Waals surface area contributed by atoms with Crippen LogP contribution < -0.4 is 0 Å². The normalized spacial score (nSPS) is 11.7. The largest absolute Gasteiger partial charge is 0.228 e. The van der Waals surface area contributed by atoms with Crippen LogP contribution in [0.15, 0.2) is 146 Å². The first kappa shape index (κ1) is 24.2. The lowest BCUT2D eigenvalue weighted by Gasteiger charge is -2.16. The summed E-state index contributed by atoms with van der Waals surface area (Å²) < 4.78 is 2.59. The second-order valence-corrected chi connectivity index (χ2v) is 12.1. The monoisotopic (exact) mass is 564 g/mol. The summed E-state index contributed by atoms with van der Waals surface area (Å²) in [5.74, 6) is 0.727. The van der Waals surface area contributed by atoms with Crippen molar-refractivity contribution >= 4 is 63.8 Å². The van der Waals surface area contributed by atoms with E-state index in [2.05, 4.69) is 140 Å². The molecule has 2 aromatic heterocycles. The molecule has 0 aliphatic heterocycles. The van der Waals surface area contributed by atoms with Gasteiger partial charge in [-0.25, -0.2) is 9.97 Å². The van der Waals surface area contributed by atoms with E-state index in [1.165, 1.54) is 52.5 Å². The average Bonchev–Trinajstić information content (AvgIpc) is 3.45. The van der Waals surface area contributed by atoms with Crippen molar-refractivity contribution in [2.24, 2.45) is 0 Å². The fraction of sp³-hybridized carbons (Fsp3) is 0. The molecule has 0 radical (unpaired) electrons. The highest BCUT2D eigenvalue weighted by molar-refractivity contribution is 7.25. The predicted octanol–water partition coefficient (Wildman–Crippen LogP) is 11.3. The Morgan fingerprint density at radius 2 is 1.07 bits per heavy atom. The summed E-state index contributed by atoms with van der Waals surface area (Å²) in [5, 5.41) is 9.82. The van der Waals surface area contributed by atoms with Gasteiger partial charge in [-0.1, -0.05) is 115 Å². The van der Waals surface area contributed by atoms with E-state index in [0.29, 0.717) is 0 Å². The minimum Gasteiger partial charge on any atom is -0.228 e. The summed E-state index contributed by atoms with van der Waals surface area (Å²) in [6, 6.07) is 52.0. The Morgan fingerprint density at radius 3 is 1.95 bits per heavy atom. The third-order valence-corrected chi connectivity index (χ3v) is 9.59. The summed E-state index contributed by atoms with van der Waals surface area (Å²) in [5.41, 5.74) is 5.08. The number of thiophene rings is 1. The van der Waals surface area contributed by atoms with E-state index in [-0.39, 0.29) is 0 Å². The number of fused-ring (bicyclic) bond motifs is 7. The fourth-order valence-corrected chi connectivity index (χ4v) is 7.52. The van der Waals surface area contributed by atoms with E-state index in [0.717, 1.165) is 33.9 Å². The van der Waals surface area contributed by atoms with Crippen molar-refractivity contribution in [3.63, 3.8) is 0 Å². The van der Waals surface area contributed by atoms with Gasteiger partial charge >= 0.3 is 0 Å². The van der Waals surface area contributed by atoms with Crippen LogP contribution in [-0.2, 0) is 0 Å². The Bertz CT molecular complexity index is 2510. The van der Waals surface area contributed by atoms with Crippen molar-refractivity contribution in [3.05, 3.63) is 146 Å². The van der Waals surface area contributed by atoms with Gasteiger partial charge in [0.15, 0.2) is 5.82 Å². The van der Waals surface area contributed by atoms with E-state index in [1.807, 2.05) is 17.4 Å². The molecule has 2 heterocycles. The number of nitrogens with zero attached hydrogens (tertiary/aromatic N) is 2. The maximum absolute atomic E-state index is 5.30. The van der Waals surface area contributed by atoms with Gasteiger partial charge in [-0.15, -0.1) is 11.3 Å². The third-order valence-electron chi connectivity index (χ3n) is 8.44. The Hall–Kier alpha value is -5.38. The summed E-state index contributed by atoms with van der Waals surface area (Å²) >= 11 is 1.84. The zero-order chi connectivity index (χ0) is 28.3. The maximum atomic E-state index is 5.30. The molecule has 7 aromatic carbocycles. The molecule has 0 bridgehead atoms. The van der Waals surface area contributed by atoms with E-state index < -0.39 is 0 Å². The van der Waals surface area contributed by atoms with Crippen LogP contribution in [-0.4, -0.2) is 9.97 Å². The second kappa shape index (κ2) is 9.59. The van der Waals surface area contributed by atoms with Gasteiger partial charge < -0.3 is 0 Å². The SMILES string of the molecule is c1ccc(-c2nc(-c3ccc4sc5ccccc5c4c3)cc(-c3c4ccccc4cc4ccc5ccccc5c34)n2)cc1. The molecule has 9 aromatic rings. The van der Waals surface area contributed by atoms with Crippen LogP contribution in [0.2, 0.25) is 0 Å². The number of hydrogen-bond acceptors (Lipinski definition) is 3. The highest BCUT2D eigenvalue weighted by atomic mass is 32.1. The predicted molar refractivity (Wildman–Crippen MR) is 184 cm³/mol. The van der Waals surface area contributed by atoms with Crippen LogP contribution in [0.3, 0.4) is 0 Å². The van der Waals surface area contributed by atoms with Gasteiger partial charge in [0.25, 0.3) is 0 Å². The first-order chi connectivity index (χ1) is 21.3. The molecule has 0 saturated carbocycles. The van der Waals surface area contributed by atoms with Gasteiger partial charge in [0.2, 0.25) is 0 Å². The zero-order valence-electron chi connectivity index (χ0n) is 23.2. The molecule has 0 atom stereocenters. The molecule has 0 amide bonds. The first-order valence-corrected chi connectivity index (χ1v) is 15.3. The average molecular weight is 565 g/mol. The summed E-state index contributed by atoms with van der Waals surface area (Å²) in [6.07, 6.45) is 0. The number of hydrogen-bond donors (Lipinski definition) is 0. The molecule has 0 N–H and O–H groups in total. The molecule has 3 heteroatoms. The van der Waals surface area contributed by atoms with Crippen LogP contribution in [0.25, 0.3) is 86.4 Å². The molecule has 0 unspecified atom stereocenters. The van der Waals surface area contributed by atoms with E-state index in [1.54, 1.807) is 0 Å². The Kier molecular flexibility index (Phi) is 5.40. The molecule has 0 saturated heterocycles. The van der Waals surface area contributed by atoms with Gasteiger partial charge in [-0.2, -0.15) is 0 Å². The van der Waals surface area contributed by atoms with Crippen molar-refractivity contribution < 1.29 is 0 Å². The molecular weight excluding hydrogens is 541 g/mol. The van der Waals surface area contributed by atoms with E-state index in [9.17, 15) is 0 Å². The first-order valence-electron chi connectivity index (χ1n) is 14.5. The Labute approximate surface area is 252 Å². The number of benzene rings is 7. The molecule has 200 valence electrons. The second-order valence-electron chi connectivity index (χ2n) is 11.0. The molecule has 0 fully saturated rings. The lowest BCUT2D eigenvalue weighted by atomic mass is 9.90. The summed E-state index contributed by atoms with van der Waals surface area (Å²) in [6.45, 7) is 0. The smallest absolute Gasteiger partial charge is 0.160 e. The van der Waals surface area contributed by atoms with Crippen LogP contribution in [0.5, 0.6) is 0 Å². The topological polar surface area (TPSA) is 25.8 Å². The Balaban J connectivity index is 1.39. The van der Waals surface area contributed by atoms with Crippen molar-refractivity contribution in [1.29, 1.82) is 0 Å². The minimum absolute atomic E-state index is 0.727. The van der Waals surface area contributed by atoms with Crippen molar-refractivity contribution in [2.45, 2.75) is 0 Å². The summed E-state index contributed by atoms with van der Waals surface area (Å²) in [4.78, 5) is 10.5. The van der Waals surface area contributed by atoms with Crippen molar-refractivity contribution in [2.75, 3.05) is 0 Å². The van der Waals surface area contributed by atoms with Crippen LogP contribution in [0.1, 0.15) is 0 Å². The number of aromatic nitrogens is 2. The zero-order valence-corrected chi connectivity index (χ0v) is 24.0. The highest BCUT2D eigenvalue weighted by Crippen LogP contribution is 2.42. The fourth-order valence-electron chi connectivity index (χ4n) is 6.43. The van der Waals surface area contributed by atoms with Crippen molar-refractivity contribution in [3.8, 4) is 33.9 Å². The Morgan fingerprint density at radius 1 is 0.395 bits per heavy atom. The van der Waals surface area contributed by atoms with Crippen LogP contribution in [0.4, 0.5) is 0 Å². The maximum Gasteiger partial charge on any atom is 0.160 e. The molecule has 9 rings (SSSR count). The highest BCUT2D eigenvalue weighted by Gasteiger charge is 2.18. The molecule has 43 heavy (non-hydrogen) atoms. The number of rotatable bonds is 3. The summed E-state index contributed by atoms with van der Waals surface area (Å²) in [7, 11) is 0. The molecule has 0 spiro atoms. The van der Waals surface area contributed by atoms with Gasteiger partial charge in [-0.3, -0.25) is 0 Å². The third kappa shape index (κ3) is 3.93. The molecular formula is C40H24N2S. The molecule has 2 nitrogen and oxygen atoms in total. The molecule has 0 aliphatic rings. The van der Waals surface area contributed by atoms with Crippen molar-refractivity contribution in [1.82, 2.24) is 9.97 Å². The van der Waals surface area contributed by atoms with Crippen LogP contribution >= 0.6 is 11.3 Å². The van der Waals surface area contributed by atoms with Gasteiger partial charge in [0.05, 0.1) is 11.4 Å². The standard InChI is InChI=1S/C40H24N2S/c1-2-11-26(12-3-1)40-41-34(28-20-21-37-33(23-28)32-16-8-9-17-36(32)43-37)24-35(42-40)39-31-15-7-5-13-27(31)22-29-19-18-25-10-4-6-14-30(25)38(29)39/h1-24H. The van der Waals surface area contributed by atoms with E-state index >= 15 is 0 Å². The van der Waals surface area contributed by atoms with E-state index in [4.69, 9.17) is 9.97 Å². The minimum atomic E-state index is 0.727. The lowest BCUT2D eigenvalue weighted by molar-refractivity contribution is 1.19.